The second-order valence-electron chi connectivity index (χ2n) is 3.30. The minimum absolute atomic E-state index is 0.639. The molecule has 0 saturated carbocycles. The fraction of sp³-hybridized carbons (Fsp3) is 0.300. The average Bonchev–Trinajstić information content (AvgIpc) is 2.68. The summed E-state index contributed by atoms with van der Waals surface area (Å²) in [6.45, 7) is 3.06. The lowest BCUT2D eigenvalue weighted by molar-refractivity contribution is 0.603. The van der Waals surface area contributed by atoms with Crippen LogP contribution in [0, 0.1) is 4.64 Å². The minimum atomic E-state index is 0.639. The predicted octanol–water partition coefficient (Wildman–Crippen LogP) is 2.41. The predicted molar refractivity (Wildman–Crippen MR) is 60.9 cm³/mol. The molecule has 0 aliphatic heterocycles. The molecule has 0 spiro atoms. The molecule has 0 fully saturated rings. The second kappa shape index (κ2) is 4.35. The number of nitrogens with one attached hydrogen (secondary N) is 1. The number of H-pyrrole nitrogens is 1. The average molecular weight is 220 g/mol. The Bertz CT molecular complexity index is 480. The van der Waals surface area contributed by atoms with Crippen molar-refractivity contribution in [2.45, 2.75) is 19.9 Å². The molecule has 0 atom stereocenters. The van der Waals surface area contributed by atoms with Crippen molar-refractivity contribution in [3.8, 4) is 11.3 Å². The molecule has 0 bridgehead atoms. The first-order valence-electron chi connectivity index (χ1n) is 4.88. The molecule has 0 aromatic carbocycles. The zero-order valence-corrected chi connectivity index (χ0v) is 9.29. The number of rotatable bonds is 3. The molecule has 78 valence electrons. The zero-order valence-electron chi connectivity index (χ0n) is 8.47. The monoisotopic (exact) mass is 220 g/mol. The van der Waals surface area contributed by atoms with Gasteiger partial charge in [-0.3, -0.25) is 9.78 Å². The summed E-state index contributed by atoms with van der Waals surface area (Å²) in [5, 5.41) is 11.1. The van der Waals surface area contributed by atoms with Crippen LogP contribution in [-0.2, 0) is 6.54 Å². The number of aromatic amines is 1. The van der Waals surface area contributed by atoms with Crippen LogP contribution in [0.1, 0.15) is 13.3 Å². The highest BCUT2D eigenvalue weighted by molar-refractivity contribution is 7.71. The maximum absolute atomic E-state index is 4.93. The van der Waals surface area contributed by atoms with Crippen molar-refractivity contribution in [1.82, 2.24) is 20.0 Å². The Kier molecular flexibility index (Phi) is 2.91. The third kappa shape index (κ3) is 2.30. The lowest BCUT2D eigenvalue weighted by Crippen LogP contribution is -1.95. The molecule has 0 unspecified atom stereocenters. The standard InChI is InChI=1S/C10H12N4S/c1-2-5-14-7-8(6-11-14)9-3-4-10(15)13-12-9/h3-4,6-7H,2,5H2,1H3,(H,13,15). The van der Waals surface area contributed by atoms with E-state index in [1.807, 2.05) is 29.2 Å². The lowest BCUT2D eigenvalue weighted by atomic mass is 10.2. The van der Waals surface area contributed by atoms with E-state index >= 15 is 0 Å². The lowest BCUT2D eigenvalue weighted by Gasteiger charge is -1.95. The van der Waals surface area contributed by atoms with Crippen LogP contribution in [0.3, 0.4) is 0 Å². The first-order chi connectivity index (χ1) is 7.29. The van der Waals surface area contributed by atoms with Gasteiger partial charge >= 0.3 is 0 Å². The Morgan fingerprint density at radius 2 is 2.33 bits per heavy atom. The third-order valence-electron chi connectivity index (χ3n) is 2.06. The molecule has 2 aromatic heterocycles. The van der Waals surface area contributed by atoms with E-state index in [1.165, 1.54) is 0 Å². The highest BCUT2D eigenvalue weighted by Crippen LogP contribution is 2.14. The Hall–Kier alpha value is -1.49. The molecule has 2 aromatic rings. The van der Waals surface area contributed by atoms with Gasteiger partial charge in [0.25, 0.3) is 0 Å². The van der Waals surface area contributed by atoms with Crippen molar-refractivity contribution in [2.24, 2.45) is 0 Å². The van der Waals surface area contributed by atoms with E-state index < -0.39 is 0 Å². The normalized spacial score (nSPS) is 10.5. The van der Waals surface area contributed by atoms with Crippen LogP contribution in [0.5, 0.6) is 0 Å². The molecule has 0 amide bonds. The van der Waals surface area contributed by atoms with Crippen LogP contribution in [0.15, 0.2) is 24.5 Å². The fourth-order valence-corrected chi connectivity index (χ4v) is 1.47. The maximum atomic E-state index is 4.93. The topological polar surface area (TPSA) is 46.5 Å². The van der Waals surface area contributed by atoms with Crippen LogP contribution in [0.25, 0.3) is 11.3 Å². The SMILES string of the molecule is CCCn1cc(-c2ccc(=S)[nH]n2)cn1. The van der Waals surface area contributed by atoms with Gasteiger partial charge in [-0.2, -0.15) is 10.2 Å². The van der Waals surface area contributed by atoms with Crippen molar-refractivity contribution in [2.75, 3.05) is 0 Å². The molecule has 2 heterocycles. The first-order valence-corrected chi connectivity index (χ1v) is 5.29. The summed E-state index contributed by atoms with van der Waals surface area (Å²) in [4.78, 5) is 0. The number of aromatic nitrogens is 4. The van der Waals surface area contributed by atoms with Gasteiger partial charge in [0.15, 0.2) is 0 Å². The van der Waals surface area contributed by atoms with Gasteiger partial charge in [0, 0.05) is 18.3 Å². The van der Waals surface area contributed by atoms with E-state index in [1.54, 1.807) is 0 Å². The van der Waals surface area contributed by atoms with E-state index in [9.17, 15) is 0 Å². The van der Waals surface area contributed by atoms with Gasteiger partial charge in [0.1, 0.15) is 4.64 Å². The summed E-state index contributed by atoms with van der Waals surface area (Å²) in [5.74, 6) is 0. The van der Waals surface area contributed by atoms with Crippen LogP contribution in [0.4, 0.5) is 0 Å². The third-order valence-corrected chi connectivity index (χ3v) is 2.29. The summed E-state index contributed by atoms with van der Waals surface area (Å²) in [6.07, 6.45) is 4.88. The van der Waals surface area contributed by atoms with E-state index in [2.05, 4.69) is 22.2 Å². The van der Waals surface area contributed by atoms with Gasteiger partial charge in [-0.1, -0.05) is 19.1 Å². The summed E-state index contributed by atoms with van der Waals surface area (Å²) >= 11 is 4.93. The van der Waals surface area contributed by atoms with Crippen LogP contribution in [-0.4, -0.2) is 20.0 Å². The van der Waals surface area contributed by atoms with Gasteiger partial charge < -0.3 is 0 Å². The summed E-state index contributed by atoms with van der Waals surface area (Å²) in [6, 6.07) is 3.72. The van der Waals surface area contributed by atoms with E-state index in [-0.39, 0.29) is 0 Å². The van der Waals surface area contributed by atoms with Gasteiger partial charge in [0.05, 0.1) is 11.9 Å². The Labute approximate surface area is 93.0 Å². The Balaban J connectivity index is 2.29. The molecule has 1 N–H and O–H groups in total. The second-order valence-corrected chi connectivity index (χ2v) is 3.74. The van der Waals surface area contributed by atoms with Crippen molar-refractivity contribution in [3.05, 3.63) is 29.2 Å². The highest BCUT2D eigenvalue weighted by Gasteiger charge is 2.01. The molecular formula is C10H12N4S. The molecule has 0 aliphatic carbocycles. The van der Waals surface area contributed by atoms with Gasteiger partial charge in [-0.25, -0.2) is 0 Å². The van der Waals surface area contributed by atoms with Gasteiger partial charge in [-0.05, 0) is 18.6 Å². The van der Waals surface area contributed by atoms with E-state index in [4.69, 9.17) is 12.2 Å². The molecule has 2 rings (SSSR count). The molecule has 5 heteroatoms. The molecular weight excluding hydrogens is 208 g/mol. The number of aryl methyl sites for hydroxylation is 1. The number of hydrogen-bond acceptors (Lipinski definition) is 3. The van der Waals surface area contributed by atoms with E-state index in [0.717, 1.165) is 24.2 Å². The van der Waals surface area contributed by atoms with Crippen LogP contribution >= 0.6 is 12.2 Å². The Morgan fingerprint density at radius 1 is 1.47 bits per heavy atom. The van der Waals surface area contributed by atoms with Crippen molar-refractivity contribution >= 4 is 12.2 Å². The zero-order chi connectivity index (χ0) is 10.7. The summed E-state index contributed by atoms with van der Waals surface area (Å²) in [5.41, 5.74) is 1.88. The number of nitrogens with zero attached hydrogens (tertiary/aromatic N) is 3. The van der Waals surface area contributed by atoms with Crippen molar-refractivity contribution in [1.29, 1.82) is 0 Å². The van der Waals surface area contributed by atoms with Crippen LogP contribution < -0.4 is 0 Å². The molecule has 15 heavy (non-hydrogen) atoms. The molecule has 0 aliphatic rings. The maximum Gasteiger partial charge on any atom is 0.119 e. The molecule has 4 nitrogen and oxygen atoms in total. The van der Waals surface area contributed by atoms with Crippen molar-refractivity contribution < 1.29 is 0 Å². The fourth-order valence-electron chi connectivity index (χ4n) is 1.35. The highest BCUT2D eigenvalue weighted by atomic mass is 32.1. The van der Waals surface area contributed by atoms with Gasteiger partial charge in [0.2, 0.25) is 0 Å². The largest absolute Gasteiger partial charge is 0.272 e. The van der Waals surface area contributed by atoms with Crippen molar-refractivity contribution in [3.63, 3.8) is 0 Å². The smallest absolute Gasteiger partial charge is 0.119 e. The number of hydrogen-bond donors (Lipinski definition) is 1. The first kappa shape index (κ1) is 10.0. The molecule has 0 saturated heterocycles. The quantitative estimate of drug-likeness (QED) is 0.808. The summed E-state index contributed by atoms with van der Waals surface area (Å²) in [7, 11) is 0. The van der Waals surface area contributed by atoms with Gasteiger partial charge in [-0.15, -0.1) is 0 Å². The molecule has 0 radical (unpaired) electrons. The Morgan fingerprint density at radius 3 is 3.00 bits per heavy atom. The van der Waals surface area contributed by atoms with E-state index in [0.29, 0.717) is 4.64 Å². The minimum Gasteiger partial charge on any atom is -0.272 e. The summed E-state index contributed by atoms with van der Waals surface area (Å²) < 4.78 is 2.55. The van der Waals surface area contributed by atoms with Crippen LogP contribution in [0.2, 0.25) is 0 Å².